The van der Waals surface area contributed by atoms with Crippen LogP contribution in [0.25, 0.3) is 0 Å². The van der Waals surface area contributed by atoms with Crippen LogP contribution >= 0.6 is 0 Å². The topological polar surface area (TPSA) is 58.7 Å². The van der Waals surface area contributed by atoms with Gasteiger partial charge >= 0.3 is 0 Å². The minimum atomic E-state index is -0.642. The van der Waals surface area contributed by atoms with Crippen molar-refractivity contribution in [2.75, 3.05) is 24.8 Å². The van der Waals surface area contributed by atoms with Crippen molar-refractivity contribution in [3.05, 3.63) is 29.8 Å². The second-order valence-corrected chi connectivity index (χ2v) is 6.51. The summed E-state index contributed by atoms with van der Waals surface area (Å²) >= 11 is 0. The normalized spacial score (nSPS) is 21.5. The van der Waals surface area contributed by atoms with Crippen LogP contribution in [0.5, 0.6) is 0 Å². The molecule has 22 heavy (non-hydrogen) atoms. The van der Waals surface area contributed by atoms with Crippen molar-refractivity contribution in [1.29, 1.82) is 0 Å². The predicted molar refractivity (Wildman–Crippen MR) is 90.8 cm³/mol. The van der Waals surface area contributed by atoms with Gasteiger partial charge in [-0.25, -0.2) is 0 Å². The highest BCUT2D eigenvalue weighted by Crippen LogP contribution is 2.23. The SMILES string of the molecule is CCCCCCCCc1ccc(N2CC(N)(CO)CO2)cc1. The van der Waals surface area contributed by atoms with Gasteiger partial charge in [0.1, 0.15) is 0 Å². The Labute approximate surface area is 134 Å². The number of rotatable bonds is 9. The van der Waals surface area contributed by atoms with Crippen molar-refractivity contribution >= 4 is 5.69 Å². The Morgan fingerprint density at radius 2 is 1.82 bits per heavy atom. The number of anilines is 1. The van der Waals surface area contributed by atoms with E-state index in [1.165, 1.54) is 44.1 Å². The first-order chi connectivity index (χ1) is 10.7. The quantitative estimate of drug-likeness (QED) is 0.689. The number of nitrogens with zero attached hydrogens (tertiary/aromatic N) is 1. The average Bonchev–Trinajstić information content (AvgIpc) is 2.94. The molecule has 0 aliphatic carbocycles. The van der Waals surface area contributed by atoms with Gasteiger partial charge in [0.2, 0.25) is 0 Å². The lowest BCUT2D eigenvalue weighted by Crippen LogP contribution is -2.48. The molecule has 0 bridgehead atoms. The average molecular weight is 306 g/mol. The van der Waals surface area contributed by atoms with Gasteiger partial charge in [-0.1, -0.05) is 51.2 Å². The van der Waals surface area contributed by atoms with Gasteiger partial charge in [-0.3, -0.25) is 9.90 Å². The second-order valence-electron chi connectivity index (χ2n) is 6.51. The Balaban J connectivity index is 1.74. The molecule has 1 atom stereocenters. The zero-order valence-corrected chi connectivity index (χ0v) is 13.8. The number of unbranched alkanes of at least 4 members (excludes halogenated alkanes) is 5. The van der Waals surface area contributed by atoms with Crippen LogP contribution in [0.1, 0.15) is 51.0 Å². The van der Waals surface area contributed by atoms with Gasteiger partial charge in [0, 0.05) is 0 Å². The molecule has 1 saturated heterocycles. The lowest BCUT2D eigenvalue weighted by Gasteiger charge is -2.20. The van der Waals surface area contributed by atoms with Crippen molar-refractivity contribution in [3.63, 3.8) is 0 Å². The molecule has 1 aliphatic heterocycles. The number of aliphatic hydroxyl groups excluding tert-OH is 1. The minimum Gasteiger partial charge on any atom is -0.394 e. The maximum Gasteiger partial charge on any atom is 0.0969 e. The van der Waals surface area contributed by atoms with Crippen LogP contribution in [-0.2, 0) is 11.3 Å². The van der Waals surface area contributed by atoms with E-state index >= 15 is 0 Å². The van der Waals surface area contributed by atoms with Gasteiger partial charge in [0.25, 0.3) is 0 Å². The molecule has 0 aromatic heterocycles. The highest BCUT2D eigenvalue weighted by molar-refractivity contribution is 5.46. The van der Waals surface area contributed by atoms with E-state index in [0.717, 1.165) is 12.1 Å². The van der Waals surface area contributed by atoms with E-state index < -0.39 is 5.54 Å². The zero-order chi connectivity index (χ0) is 15.8. The standard InChI is InChI=1S/C18H30N2O2/c1-2-3-4-5-6-7-8-16-9-11-17(12-10-16)20-13-18(19,14-21)15-22-20/h9-12,21H,2-8,13-15,19H2,1H3. The number of hydrogen-bond donors (Lipinski definition) is 2. The summed E-state index contributed by atoms with van der Waals surface area (Å²) < 4.78 is 0. The second kappa shape index (κ2) is 8.51. The maximum absolute atomic E-state index is 9.28. The lowest BCUT2D eigenvalue weighted by molar-refractivity contribution is 0.129. The van der Waals surface area contributed by atoms with Gasteiger partial charge < -0.3 is 10.8 Å². The molecule has 0 spiro atoms. The summed E-state index contributed by atoms with van der Waals surface area (Å²) in [7, 11) is 0. The third-order valence-electron chi connectivity index (χ3n) is 4.32. The van der Waals surface area contributed by atoms with Crippen LogP contribution in [0.2, 0.25) is 0 Å². The molecule has 1 heterocycles. The van der Waals surface area contributed by atoms with Crippen LogP contribution < -0.4 is 10.8 Å². The molecule has 4 heteroatoms. The molecule has 0 saturated carbocycles. The summed E-state index contributed by atoms with van der Waals surface area (Å²) in [4.78, 5) is 5.57. The van der Waals surface area contributed by atoms with E-state index in [9.17, 15) is 5.11 Å². The third-order valence-corrected chi connectivity index (χ3v) is 4.32. The molecule has 3 N–H and O–H groups in total. The van der Waals surface area contributed by atoms with E-state index in [-0.39, 0.29) is 6.61 Å². The Morgan fingerprint density at radius 3 is 2.45 bits per heavy atom. The summed E-state index contributed by atoms with van der Waals surface area (Å²) in [6.45, 7) is 3.09. The Hall–Kier alpha value is -1.10. The number of aryl methyl sites for hydroxylation is 1. The third kappa shape index (κ3) is 4.97. The number of nitrogens with two attached hydrogens (primary N) is 1. The van der Waals surface area contributed by atoms with Gasteiger partial charge in [-0.05, 0) is 30.5 Å². The summed E-state index contributed by atoms with van der Waals surface area (Å²) in [5, 5.41) is 11.1. The van der Waals surface area contributed by atoms with Crippen molar-refractivity contribution in [1.82, 2.24) is 0 Å². The Bertz CT molecular complexity index is 435. The van der Waals surface area contributed by atoms with Gasteiger partial charge in [-0.15, -0.1) is 0 Å². The largest absolute Gasteiger partial charge is 0.394 e. The first-order valence-corrected chi connectivity index (χ1v) is 8.56. The summed E-state index contributed by atoms with van der Waals surface area (Å²) in [6, 6.07) is 8.49. The van der Waals surface area contributed by atoms with Gasteiger partial charge in [-0.2, -0.15) is 0 Å². The number of benzene rings is 1. The molecule has 1 aliphatic rings. The van der Waals surface area contributed by atoms with Crippen LogP contribution in [0.4, 0.5) is 5.69 Å². The highest BCUT2D eigenvalue weighted by atomic mass is 16.7. The monoisotopic (exact) mass is 306 g/mol. The molecule has 2 rings (SSSR count). The summed E-state index contributed by atoms with van der Waals surface area (Å²) in [5.74, 6) is 0. The fraction of sp³-hybridized carbons (Fsp3) is 0.667. The molecule has 1 aromatic carbocycles. The lowest BCUT2D eigenvalue weighted by atomic mass is 10.0. The molecular formula is C18H30N2O2. The fourth-order valence-electron chi connectivity index (χ4n) is 2.78. The molecule has 4 nitrogen and oxygen atoms in total. The smallest absolute Gasteiger partial charge is 0.0969 e. The van der Waals surface area contributed by atoms with E-state index in [4.69, 9.17) is 10.6 Å². The molecule has 0 radical (unpaired) electrons. The molecule has 1 unspecified atom stereocenters. The fourth-order valence-corrected chi connectivity index (χ4v) is 2.78. The van der Waals surface area contributed by atoms with Crippen molar-refractivity contribution in [2.45, 2.75) is 57.4 Å². The molecule has 0 amide bonds. The molecule has 124 valence electrons. The molecule has 1 aromatic rings. The first kappa shape index (κ1) is 17.3. The van der Waals surface area contributed by atoms with Crippen LogP contribution in [0.15, 0.2) is 24.3 Å². The van der Waals surface area contributed by atoms with Crippen LogP contribution in [-0.4, -0.2) is 30.4 Å². The Morgan fingerprint density at radius 1 is 1.14 bits per heavy atom. The maximum atomic E-state index is 9.28. The Kier molecular flexibility index (Phi) is 6.68. The van der Waals surface area contributed by atoms with Gasteiger partial charge in [0.15, 0.2) is 0 Å². The van der Waals surface area contributed by atoms with Gasteiger partial charge in [0.05, 0.1) is 31.0 Å². The van der Waals surface area contributed by atoms with E-state index in [1.807, 2.05) is 0 Å². The minimum absolute atomic E-state index is 0.0559. The number of aliphatic hydroxyl groups is 1. The molecular weight excluding hydrogens is 276 g/mol. The van der Waals surface area contributed by atoms with Crippen molar-refractivity contribution < 1.29 is 9.94 Å². The number of hydrogen-bond acceptors (Lipinski definition) is 4. The van der Waals surface area contributed by atoms with Crippen LogP contribution in [0, 0.1) is 0 Å². The summed E-state index contributed by atoms with van der Waals surface area (Å²) in [5.41, 5.74) is 7.75. The molecule has 1 fully saturated rings. The van der Waals surface area contributed by atoms with E-state index in [0.29, 0.717) is 13.2 Å². The van der Waals surface area contributed by atoms with E-state index in [1.54, 1.807) is 5.06 Å². The highest BCUT2D eigenvalue weighted by Gasteiger charge is 2.35. The number of hydroxylamine groups is 1. The first-order valence-electron chi connectivity index (χ1n) is 8.56. The van der Waals surface area contributed by atoms with Crippen molar-refractivity contribution in [2.24, 2.45) is 5.73 Å². The van der Waals surface area contributed by atoms with Crippen LogP contribution in [0.3, 0.4) is 0 Å². The van der Waals surface area contributed by atoms with Crippen molar-refractivity contribution in [3.8, 4) is 0 Å². The summed E-state index contributed by atoms with van der Waals surface area (Å²) in [6.07, 6.45) is 9.12. The predicted octanol–water partition coefficient (Wildman–Crippen LogP) is 3.03. The zero-order valence-electron chi connectivity index (χ0n) is 13.8. The van der Waals surface area contributed by atoms with E-state index in [2.05, 4.69) is 31.2 Å².